The molecule has 0 saturated carbocycles. The van der Waals surface area contributed by atoms with Crippen LogP contribution in [-0.2, 0) is 11.3 Å². The monoisotopic (exact) mass is 368 g/mol. The highest BCUT2D eigenvalue weighted by Crippen LogP contribution is 2.20. The van der Waals surface area contributed by atoms with Crippen molar-refractivity contribution in [3.8, 4) is 0 Å². The Labute approximate surface area is 141 Å². The summed E-state index contributed by atoms with van der Waals surface area (Å²) in [5.74, 6) is 0. The number of amides is 1. The van der Waals surface area contributed by atoms with E-state index >= 15 is 0 Å². The van der Waals surface area contributed by atoms with Gasteiger partial charge in [0.25, 0.3) is 0 Å². The van der Waals surface area contributed by atoms with E-state index in [-0.39, 0.29) is 6.09 Å². The number of benzene rings is 1. The quantitative estimate of drug-likeness (QED) is 0.880. The molecule has 1 unspecified atom stereocenters. The molecule has 1 aliphatic rings. The van der Waals surface area contributed by atoms with E-state index < -0.39 is 5.60 Å². The first-order chi connectivity index (χ1) is 10.2. The summed E-state index contributed by atoms with van der Waals surface area (Å²) < 4.78 is 6.54. The zero-order chi connectivity index (χ0) is 16.3. The van der Waals surface area contributed by atoms with Crippen molar-refractivity contribution in [1.82, 2.24) is 10.2 Å². The number of ether oxygens (including phenoxy) is 1. The summed E-state index contributed by atoms with van der Waals surface area (Å²) in [5.41, 5.74) is 2.05. The summed E-state index contributed by atoms with van der Waals surface area (Å²) in [6.45, 7) is 10.0. The number of carbonyl (C=O) groups is 1. The molecule has 1 atom stereocenters. The second kappa shape index (κ2) is 7.01. The summed E-state index contributed by atoms with van der Waals surface area (Å²) in [7, 11) is 0. The Kier molecular flexibility index (Phi) is 5.50. The first-order valence-corrected chi connectivity index (χ1v) is 8.50. The number of halogens is 1. The van der Waals surface area contributed by atoms with Gasteiger partial charge in [-0.2, -0.15) is 0 Å². The molecule has 5 heteroatoms. The van der Waals surface area contributed by atoms with Crippen LogP contribution in [0.15, 0.2) is 22.7 Å². The molecule has 1 aromatic carbocycles. The molecule has 1 N–H and O–H groups in total. The topological polar surface area (TPSA) is 41.6 Å². The Hall–Kier alpha value is -1.07. The minimum Gasteiger partial charge on any atom is -0.444 e. The molecular weight excluding hydrogens is 344 g/mol. The molecule has 1 aromatic rings. The van der Waals surface area contributed by atoms with Gasteiger partial charge >= 0.3 is 6.09 Å². The number of nitrogens with one attached hydrogen (secondary N) is 1. The summed E-state index contributed by atoms with van der Waals surface area (Å²) in [6.07, 6.45) is 0.747. The third-order valence-electron chi connectivity index (χ3n) is 3.63. The highest BCUT2D eigenvalue weighted by Gasteiger charge is 2.29. The first-order valence-electron chi connectivity index (χ1n) is 7.71. The number of hydrogen-bond acceptors (Lipinski definition) is 3. The average Bonchev–Trinajstić information content (AvgIpc) is 2.84. The maximum Gasteiger partial charge on any atom is 0.410 e. The van der Waals surface area contributed by atoms with Crippen molar-refractivity contribution in [2.45, 2.75) is 52.3 Å². The lowest BCUT2D eigenvalue weighted by atomic mass is 10.1. The molecule has 0 bridgehead atoms. The highest BCUT2D eigenvalue weighted by atomic mass is 79.9. The number of likely N-dealkylation sites (tertiary alicyclic amines) is 1. The van der Waals surface area contributed by atoms with E-state index in [1.54, 1.807) is 4.90 Å². The van der Waals surface area contributed by atoms with Crippen LogP contribution >= 0.6 is 15.9 Å². The van der Waals surface area contributed by atoms with E-state index in [1.165, 1.54) is 11.1 Å². The van der Waals surface area contributed by atoms with E-state index in [0.29, 0.717) is 12.6 Å². The van der Waals surface area contributed by atoms with Crippen LogP contribution in [0.25, 0.3) is 0 Å². The Morgan fingerprint density at radius 1 is 1.45 bits per heavy atom. The number of carbonyl (C=O) groups excluding carboxylic acids is 1. The van der Waals surface area contributed by atoms with Crippen molar-refractivity contribution in [3.63, 3.8) is 0 Å². The maximum atomic E-state index is 12.0. The molecule has 0 aromatic heterocycles. The number of aryl methyl sites for hydroxylation is 1. The fourth-order valence-electron chi connectivity index (χ4n) is 2.47. The summed E-state index contributed by atoms with van der Waals surface area (Å²) in [6, 6.07) is 6.69. The van der Waals surface area contributed by atoms with Crippen LogP contribution < -0.4 is 5.32 Å². The van der Waals surface area contributed by atoms with Crippen molar-refractivity contribution >= 4 is 22.0 Å². The molecule has 22 heavy (non-hydrogen) atoms. The Morgan fingerprint density at radius 2 is 2.18 bits per heavy atom. The van der Waals surface area contributed by atoms with Crippen molar-refractivity contribution in [2.75, 3.05) is 13.1 Å². The highest BCUT2D eigenvalue weighted by molar-refractivity contribution is 9.10. The lowest BCUT2D eigenvalue weighted by Gasteiger charge is -2.24. The predicted octanol–water partition coefficient (Wildman–Crippen LogP) is 3.86. The van der Waals surface area contributed by atoms with Crippen LogP contribution in [0.5, 0.6) is 0 Å². The van der Waals surface area contributed by atoms with E-state index in [4.69, 9.17) is 4.74 Å². The molecule has 1 aliphatic heterocycles. The lowest BCUT2D eigenvalue weighted by molar-refractivity contribution is 0.0291. The predicted molar refractivity (Wildman–Crippen MR) is 91.9 cm³/mol. The molecule has 0 aliphatic carbocycles. The fraction of sp³-hybridized carbons (Fsp3) is 0.588. The molecular formula is C17H25BrN2O2. The van der Waals surface area contributed by atoms with E-state index in [1.807, 2.05) is 20.8 Å². The second-order valence-electron chi connectivity index (χ2n) is 6.89. The molecule has 1 saturated heterocycles. The Morgan fingerprint density at radius 3 is 2.82 bits per heavy atom. The zero-order valence-electron chi connectivity index (χ0n) is 13.8. The van der Waals surface area contributed by atoms with Gasteiger partial charge in [0.2, 0.25) is 0 Å². The third-order valence-corrected chi connectivity index (χ3v) is 4.37. The maximum absolute atomic E-state index is 12.0. The number of nitrogens with zero attached hydrogens (tertiary/aromatic N) is 1. The minimum atomic E-state index is -0.435. The summed E-state index contributed by atoms with van der Waals surface area (Å²) in [4.78, 5) is 13.8. The van der Waals surface area contributed by atoms with Crippen LogP contribution in [0, 0.1) is 6.92 Å². The molecule has 1 amide bonds. The van der Waals surface area contributed by atoms with Crippen molar-refractivity contribution in [3.05, 3.63) is 33.8 Å². The van der Waals surface area contributed by atoms with Gasteiger partial charge in [0.15, 0.2) is 0 Å². The molecule has 0 radical (unpaired) electrons. The fourth-order valence-corrected chi connectivity index (χ4v) is 3.10. The Bertz CT molecular complexity index is 540. The van der Waals surface area contributed by atoms with Gasteiger partial charge in [-0.1, -0.05) is 28.1 Å². The van der Waals surface area contributed by atoms with Crippen LogP contribution in [0.4, 0.5) is 4.79 Å². The van der Waals surface area contributed by atoms with E-state index in [2.05, 4.69) is 46.4 Å². The molecule has 1 fully saturated rings. The van der Waals surface area contributed by atoms with Crippen molar-refractivity contribution in [1.29, 1.82) is 0 Å². The zero-order valence-corrected chi connectivity index (χ0v) is 15.4. The lowest BCUT2D eigenvalue weighted by Crippen LogP contribution is -2.38. The van der Waals surface area contributed by atoms with E-state index in [0.717, 1.165) is 24.0 Å². The van der Waals surface area contributed by atoms with Crippen LogP contribution in [-0.4, -0.2) is 35.7 Å². The molecule has 122 valence electrons. The second-order valence-corrected chi connectivity index (χ2v) is 7.74. The van der Waals surface area contributed by atoms with Crippen molar-refractivity contribution in [2.24, 2.45) is 0 Å². The normalized spacial score (nSPS) is 18.6. The van der Waals surface area contributed by atoms with Gasteiger partial charge in [-0.05, 0) is 51.3 Å². The van der Waals surface area contributed by atoms with Crippen molar-refractivity contribution < 1.29 is 9.53 Å². The smallest absolute Gasteiger partial charge is 0.410 e. The molecule has 2 rings (SSSR count). The molecule has 1 heterocycles. The van der Waals surface area contributed by atoms with Gasteiger partial charge in [0, 0.05) is 30.1 Å². The third kappa shape index (κ3) is 4.99. The number of rotatable bonds is 3. The van der Waals surface area contributed by atoms with Gasteiger partial charge in [0.1, 0.15) is 5.60 Å². The molecule has 0 spiro atoms. The van der Waals surface area contributed by atoms with Gasteiger partial charge < -0.3 is 15.0 Å². The number of hydrogen-bond donors (Lipinski definition) is 1. The summed E-state index contributed by atoms with van der Waals surface area (Å²) in [5, 5.41) is 3.53. The SMILES string of the molecule is Cc1ccc(CNC2CCN(C(=O)OC(C)(C)C)C2)c(Br)c1. The van der Waals surface area contributed by atoms with E-state index in [9.17, 15) is 4.79 Å². The minimum absolute atomic E-state index is 0.215. The van der Waals surface area contributed by atoms with Gasteiger partial charge in [-0.15, -0.1) is 0 Å². The summed E-state index contributed by atoms with van der Waals surface area (Å²) >= 11 is 3.60. The molecule has 4 nitrogen and oxygen atoms in total. The van der Waals surface area contributed by atoms with Crippen LogP contribution in [0.3, 0.4) is 0 Å². The van der Waals surface area contributed by atoms with Gasteiger partial charge in [-0.25, -0.2) is 4.79 Å². The largest absolute Gasteiger partial charge is 0.444 e. The standard InChI is InChI=1S/C17H25BrN2O2/c1-12-5-6-13(15(18)9-12)10-19-14-7-8-20(11-14)16(21)22-17(2,3)4/h5-6,9,14,19H,7-8,10-11H2,1-4H3. The average molecular weight is 369 g/mol. The van der Waals surface area contributed by atoms with Crippen LogP contribution in [0.1, 0.15) is 38.3 Å². The van der Waals surface area contributed by atoms with Gasteiger partial charge in [-0.3, -0.25) is 0 Å². The van der Waals surface area contributed by atoms with Gasteiger partial charge in [0.05, 0.1) is 0 Å². The van der Waals surface area contributed by atoms with Crippen LogP contribution in [0.2, 0.25) is 0 Å². The first kappa shape index (κ1) is 17.3. The Balaban J connectivity index is 1.82.